The van der Waals surface area contributed by atoms with Crippen LogP contribution in [0.4, 0.5) is 4.39 Å². The van der Waals surface area contributed by atoms with E-state index in [-0.39, 0.29) is 11.1 Å². The Morgan fingerprint density at radius 1 is 1.53 bits per heavy atom. The van der Waals surface area contributed by atoms with Gasteiger partial charge in [0.15, 0.2) is 5.58 Å². The van der Waals surface area contributed by atoms with Gasteiger partial charge in [0.1, 0.15) is 12.4 Å². The second kappa shape index (κ2) is 3.23. The third kappa shape index (κ3) is 1.61. The van der Waals surface area contributed by atoms with Crippen molar-refractivity contribution < 1.29 is 18.7 Å². The van der Waals surface area contributed by atoms with Crippen LogP contribution in [0.25, 0.3) is 11.1 Å². The monoisotopic (exact) mass is 211 g/mol. The average Bonchev–Trinajstić information content (AvgIpc) is 2.41. The zero-order chi connectivity index (χ0) is 11.0. The van der Waals surface area contributed by atoms with E-state index < -0.39 is 24.1 Å². The molecule has 0 radical (unpaired) electrons. The van der Waals surface area contributed by atoms with Crippen LogP contribution in [-0.4, -0.2) is 15.6 Å². The lowest BCUT2D eigenvalue weighted by Crippen LogP contribution is -2.19. The molecule has 6 heteroatoms. The van der Waals surface area contributed by atoms with Gasteiger partial charge < -0.3 is 9.52 Å². The zero-order valence-corrected chi connectivity index (χ0v) is 7.44. The molecule has 1 aromatic carbocycles. The van der Waals surface area contributed by atoms with Crippen LogP contribution in [0.5, 0.6) is 0 Å². The van der Waals surface area contributed by atoms with Crippen LogP contribution in [0.2, 0.25) is 0 Å². The molecule has 0 saturated carbocycles. The smallest absolute Gasteiger partial charge is 0.420 e. The molecule has 0 aliphatic rings. The summed E-state index contributed by atoms with van der Waals surface area (Å²) in [6.07, 6.45) is 0. The topological polar surface area (TPSA) is 72.4 Å². The number of hydrogen-bond donors (Lipinski definition) is 1. The summed E-state index contributed by atoms with van der Waals surface area (Å²) in [5.41, 5.74) is 0.310. The Balaban J connectivity index is 2.68. The normalized spacial score (nSPS) is 10.7. The maximum Gasteiger partial charge on any atom is 0.420 e. The van der Waals surface area contributed by atoms with Crippen LogP contribution in [0, 0.1) is 5.82 Å². The number of nitrogens with zero attached hydrogens (tertiary/aromatic N) is 1. The second-order valence-corrected chi connectivity index (χ2v) is 2.96. The Labute approximate surface area is 82.3 Å². The number of aliphatic carboxylic acids is 1. The van der Waals surface area contributed by atoms with E-state index in [9.17, 15) is 14.0 Å². The highest BCUT2D eigenvalue weighted by Crippen LogP contribution is 2.13. The first-order valence-electron chi connectivity index (χ1n) is 4.08. The van der Waals surface area contributed by atoms with Crippen molar-refractivity contribution in [1.29, 1.82) is 0 Å². The third-order valence-electron chi connectivity index (χ3n) is 1.92. The van der Waals surface area contributed by atoms with E-state index in [2.05, 4.69) is 4.42 Å². The van der Waals surface area contributed by atoms with Crippen molar-refractivity contribution in [2.45, 2.75) is 6.54 Å². The van der Waals surface area contributed by atoms with Crippen molar-refractivity contribution >= 4 is 17.1 Å². The Kier molecular flexibility index (Phi) is 2.03. The van der Waals surface area contributed by atoms with Crippen molar-refractivity contribution in [1.82, 2.24) is 4.57 Å². The van der Waals surface area contributed by atoms with E-state index in [0.29, 0.717) is 0 Å². The van der Waals surface area contributed by atoms with Crippen molar-refractivity contribution in [3.8, 4) is 0 Å². The van der Waals surface area contributed by atoms with Crippen LogP contribution in [0.1, 0.15) is 0 Å². The summed E-state index contributed by atoms with van der Waals surface area (Å²) < 4.78 is 18.4. The van der Waals surface area contributed by atoms with Crippen LogP contribution in [0.3, 0.4) is 0 Å². The van der Waals surface area contributed by atoms with E-state index >= 15 is 0 Å². The number of carbonyl (C=O) groups is 1. The molecule has 0 amide bonds. The molecule has 0 atom stereocenters. The predicted molar refractivity (Wildman–Crippen MR) is 48.1 cm³/mol. The van der Waals surface area contributed by atoms with E-state index in [1.165, 1.54) is 6.07 Å². The quantitative estimate of drug-likeness (QED) is 0.798. The minimum absolute atomic E-state index is 0.0428. The van der Waals surface area contributed by atoms with Crippen LogP contribution >= 0.6 is 0 Å². The molecular weight excluding hydrogens is 205 g/mol. The van der Waals surface area contributed by atoms with E-state index in [1.54, 1.807) is 0 Å². The summed E-state index contributed by atoms with van der Waals surface area (Å²) in [5.74, 6) is -2.51. The number of fused-ring (bicyclic) bond motifs is 1. The minimum atomic E-state index is -1.16. The molecule has 0 aliphatic carbocycles. The Bertz CT molecular complexity index is 583. The summed E-state index contributed by atoms with van der Waals surface area (Å²) in [7, 11) is 0. The van der Waals surface area contributed by atoms with E-state index in [4.69, 9.17) is 5.11 Å². The first-order valence-corrected chi connectivity index (χ1v) is 4.08. The first kappa shape index (κ1) is 9.45. The summed E-state index contributed by atoms with van der Waals surface area (Å²) >= 11 is 0. The third-order valence-corrected chi connectivity index (χ3v) is 1.92. The van der Waals surface area contributed by atoms with Crippen molar-refractivity contribution in [2.24, 2.45) is 0 Å². The highest BCUT2D eigenvalue weighted by atomic mass is 19.1. The van der Waals surface area contributed by atoms with Gasteiger partial charge in [0, 0.05) is 6.07 Å². The SMILES string of the molecule is O=C(O)Cn1c(=O)oc2cc(F)ccc21. The molecule has 0 bridgehead atoms. The van der Waals surface area contributed by atoms with Gasteiger partial charge in [-0.25, -0.2) is 9.18 Å². The first-order chi connectivity index (χ1) is 7.08. The fourth-order valence-electron chi connectivity index (χ4n) is 1.33. The van der Waals surface area contributed by atoms with Gasteiger partial charge in [-0.1, -0.05) is 0 Å². The van der Waals surface area contributed by atoms with Crippen LogP contribution < -0.4 is 5.76 Å². The molecule has 0 aliphatic heterocycles. The Morgan fingerprint density at radius 3 is 2.93 bits per heavy atom. The van der Waals surface area contributed by atoms with E-state index in [0.717, 1.165) is 16.7 Å². The highest BCUT2D eigenvalue weighted by Gasteiger charge is 2.11. The van der Waals surface area contributed by atoms with Gasteiger partial charge in [0.2, 0.25) is 0 Å². The van der Waals surface area contributed by atoms with Gasteiger partial charge >= 0.3 is 11.7 Å². The molecule has 0 unspecified atom stereocenters. The number of halogens is 1. The summed E-state index contributed by atoms with van der Waals surface area (Å²) in [4.78, 5) is 21.6. The van der Waals surface area contributed by atoms with Gasteiger partial charge in [-0.3, -0.25) is 9.36 Å². The van der Waals surface area contributed by atoms with Gasteiger partial charge in [0.25, 0.3) is 0 Å². The van der Waals surface area contributed by atoms with Gasteiger partial charge in [-0.2, -0.15) is 0 Å². The molecule has 1 heterocycles. The number of carboxylic acids is 1. The van der Waals surface area contributed by atoms with Crippen LogP contribution in [0.15, 0.2) is 27.4 Å². The number of aromatic nitrogens is 1. The predicted octanol–water partition coefficient (Wildman–Crippen LogP) is 0.818. The number of benzene rings is 1. The fourth-order valence-corrected chi connectivity index (χ4v) is 1.33. The Morgan fingerprint density at radius 2 is 2.27 bits per heavy atom. The molecule has 0 spiro atoms. The molecule has 2 aromatic rings. The summed E-state index contributed by atoms with van der Waals surface area (Å²) in [6, 6.07) is 3.48. The molecule has 0 saturated heterocycles. The van der Waals surface area contributed by atoms with Crippen molar-refractivity contribution in [2.75, 3.05) is 0 Å². The number of carboxylic acid groups (broad SMARTS) is 1. The van der Waals surface area contributed by atoms with Gasteiger partial charge in [-0.05, 0) is 12.1 Å². The van der Waals surface area contributed by atoms with Crippen molar-refractivity contribution in [3.63, 3.8) is 0 Å². The molecule has 1 aromatic heterocycles. The van der Waals surface area contributed by atoms with Gasteiger partial charge in [0.05, 0.1) is 5.52 Å². The van der Waals surface area contributed by atoms with E-state index in [1.807, 2.05) is 0 Å². The highest BCUT2D eigenvalue weighted by molar-refractivity contribution is 5.75. The number of oxazole rings is 1. The molecule has 0 fully saturated rings. The maximum absolute atomic E-state index is 12.8. The maximum atomic E-state index is 12.8. The van der Waals surface area contributed by atoms with Crippen LogP contribution in [-0.2, 0) is 11.3 Å². The number of hydrogen-bond acceptors (Lipinski definition) is 3. The lowest BCUT2D eigenvalue weighted by atomic mass is 10.3. The minimum Gasteiger partial charge on any atom is -0.480 e. The van der Waals surface area contributed by atoms with Gasteiger partial charge in [-0.15, -0.1) is 0 Å². The summed E-state index contributed by atoms with van der Waals surface area (Å²) in [5, 5.41) is 8.55. The lowest BCUT2D eigenvalue weighted by Gasteiger charge is -1.95. The van der Waals surface area contributed by atoms with Crippen molar-refractivity contribution in [3.05, 3.63) is 34.6 Å². The second-order valence-electron chi connectivity index (χ2n) is 2.96. The summed E-state index contributed by atoms with van der Waals surface area (Å²) in [6.45, 7) is -0.503. The molecule has 1 N–H and O–H groups in total. The lowest BCUT2D eigenvalue weighted by molar-refractivity contribution is -0.137. The molecular formula is C9H6FNO4. The standard InChI is InChI=1S/C9H6FNO4/c10-5-1-2-6-7(3-5)15-9(14)11(6)4-8(12)13/h1-3H,4H2,(H,12,13). The molecule has 5 nitrogen and oxygen atoms in total. The molecule has 78 valence electrons. The molecule has 15 heavy (non-hydrogen) atoms. The molecule has 2 rings (SSSR count). The average molecular weight is 211 g/mol. The largest absolute Gasteiger partial charge is 0.480 e. The zero-order valence-electron chi connectivity index (χ0n) is 7.44. The number of rotatable bonds is 2. The fraction of sp³-hybridized carbons (Fsp3) is 0.111. The Hall–Kier alpha value is -2.11.